The number of hydrogen-bond donors (Lipinski definition) is 1. The molecule has 2 aromatic rings. The van der Waals surface area contributed by atoms with Crippen molar-refractivity contribution >= 4 is 38.5 Å². The molecular formula is C17H15BrN4O3S. The number of hydrogen-bond acceptors (Lipinski definition) is 7. The highest BCUT2D eigenvalue weighted by molar-refractivity contribution is 9.10. The number of fused-ring (bicyclic) bond motifs is 1. The minimum absolute atomic E-state index is 0.201. The maximum absolute atomic E-state index is 11.3. The minimum atomic E-state index is -0.572. The molecule has 2 aliphatic heterocycles. The molecule has 1 saturated heterocycles. The third-order valence-electron chi connectivity index (χ3n) is 4.49. The number of amidine groups is 1. The van der Waals surface area contributed by atoms with Crippen molar-refractivity contribution in [3.05, 3.63) is 62.4 Å². The van der Waals surface area contributed by atoms with Crippen molar-refractivity contribution in [2.45, 2.75) is 24.3 Å². The molecule has 2 aliphatic rings. The molecule has 0 aliphatic carbocycles. The largest absolute Gasteiger partial charge is 0.501 e. The summed E-state index contributed by atoms with van der Waals surface area (Å²) in [6, 6.07) is 8.40. The quantitative estimate of drug-likeness (QED) is 0.578. The Balaban J connectivity index is 1.84. The number of aromatic hydroxyl groups is 1. The Kier molecular flexibility index (Phi) is 4.36. The number of nitrogens with zero attached hydrogens (tertiary/aromatic N) is 4. The summed E-state index contributed by atoms with van der Waals surface area (Å²) in [6.45, 7) is 2.94. The van der Waals surface area contributed by atoms with Crippen LogP contribution >= 0.6 is 27.7 Å². The number of phenolic OH excluding ortho intramolecular Hbond substituents is 1. The lowest BCUT2D eigenvalue weighted by Gasteiger charge is -2.27. The van der Waals surface area contributed by atoms with Crippen LogP contribution < -0.4 is 0 Å². The van der Waals surface area contributed by atoms with Crippen LogP contribution in [0.4, 0.5) is 5.69 Å². The van der Waals surface area contributed by atoms with Gasteiger partial charge in [-0.2, -0.15) is 0 Å². The molecule has 1 fully saturated rings. The van der Waals surface area contributed by atoms with E-state index in [1.165, 1.54) is 6.07 Å². The first-order valence-corrected chi connectivity index (χ1v) is 9.72. The number of aromatic nitrogens is 1. The van der Waals surface area contributed by atoms with Gasteiger partial charge in [0, 0.05) is 24.1 Å². The first kappa shape index (κ1) is 17.3. The summed E-state index contributed by atoms with van der Waals surface area (Å²) in [5.41, 5.74) is 1.23. The number of aliphatic imine (C=N–C) groups is 1. The molecule has 0 saturated carbocycles. The molecule has 0 spiro atoms. The molecule has 7 nitrogen and oxygen atoms in total. The SMILES string of the molecule is CC1CN2C(=NC(c3ccccn3)C2c2cc(Br)c(O)c([N+](=O)[O-])c2)S1. The normalized spacial score (nSPS) is 24.5. The van der Waals surface area contributed by atoms with Gasteiger partial charge in [-0.3, -0.25) is 20.1 Å². The highest BCUT2D eigenvalue weighted by atomic mass is 79.9. The van der Waals surface area contributed by atoms with Gasteiger partial charge in [0.1, 0.15) is 6.04 Å². The third kappa shape index (κ3) is 2.84. The van der Waals surface area contributed by atoms with E-state index in [2.05, 4.69) is 32.7 Å². The first-order chi connectivity index (χ1) is 12.5. The Morgan fingerprint density at radius 3 is 2.92 bits per heavy atom. The van der Waals surface area contributed by atoms with Gasteiger partial charge < -0.3 is 10.0 Å². The molecule has 0 amide bonds. The molecule has 3 atom stereocenters. The van der Waals surface area contributed by atoms with Crippen LogP contribution in [0.25, 0.3) is 0 Å². The number of nitro groups is 1. The Morgan fingerprint density at radius 1 is 1.42 bits per heavy atom. The van der Waals surface area contributed by atoms with Gasteiger partial charge in [-0.1, -0.05) is 24.8 Å². The lowest BCUT2D eigenvalue weighted by molar-refractivity contribution is -0.386. The van der Waals surface area contributed by atoms with Gasteiger partial charge in [-0.15, -0.1) is 0 Å². The van der Waals surface area contributed by atoms with Crippen LogP contribution in [0.15, 0.2) is 46.0 Å². The summed E-state index contributed by atoms with van der Waals surface area (Å²) < 4.78 is 0.301. The third-order valence-corrected chi connectivity index (χ3v) is 6.19. The zero-order valence-electron chi connectivity index (χ0n) is 13.7. The van der Waals surface area contributed by atoms with Gasteiger partial charge in [0.05, 0.1) is 21.1 Å². The van der Waals surface area contributed by atoms with Gasteiger partial charge in [0.15, 0.2) is 5.17 Å². The van der Waals surface area contributed by atoms with Crippen LogP contribution in [-0.2, 0) is 0 Å². The standard InChI is InChI=1S/C17H15BrN4O3S/c1-9-8-21-15(10-6-11(18)16(23)13(7-10)22(24)25)14(20-17(21)26-9)12-4-2-3-5-19-12/h2-7,9,14-15,23H,8H2,1H3. The van der Waals surface area contributed by atoms with E-state index in [4.69, 9.17) is 4.99 Å². The van der Waals surface area contributed by atoms with E-state index in [1.54, 1.807) is 24.0 Å². The van der Waals surface area contributed by atoms with Crippen molar-refractivity contribution < 1.29 is 10.0 Å². The van der Waals surface area contributed by atoms with E-state index in [1.807, 2.05) is 18.2 Å². The van der Waals surface area contributed by atoms with Crippen LogP contribution in [0.1, 0.15) is 30.3 Å². The van der Waals surface area contributed by atoms with E-state index >= 15 is 0 Å². The Labute approximate surface area is 162 Å². The predicted molar refractivity (Wildman–Crippen MR) is 103 cm³/mol. The number of thioether (sulfide) groups is 1. The molecule has 3 unspecified atom stereocenters. The van der Waals surface area contributed by atoms with Gasteiger partial charge in [0.2, 0.25) is 5.75 Å². The smallest absolute Gasteiger partial charge is 0.312 e. The summed E-state index contributed by atoms with van der Waals surface area (Å²) in [6.07, 6.45) is 1.72. The lowest BCUT2D eigenvalue weighted by Crippen LogP contribution is -2.28. The van der Waals surface area contributed by atoms with Crippen LogP contribution in [-0.4, -0.2) is 36.9 Å². The van der Waals surface area contributed by atoms with Crippen LogP contribution in [0.2, 0.25) is 0 Å². The molecular weight excluding hydrogens is 420 g/mol. The molecule has 1 aromatic carbocycles. The topological polar surface area (TPSA) is 91.9 Å². The van der Waals surface area contributed by atoms with Gasteiger partial charge in [-0.05, 0) is 39.7 Å². The fourth-order valence-corrected chi connectivity index (χ4v) is 4.95. The molecule has 9 heteroatoms. The summed E-state index contributed by atoms with van der Waals surface area (Å²) in [5, 5.41) is 22.7. The number of phenols is 1. The van der Waals surface area contributed by atoms with Gasteiger partial charge in [0.25, 0.3) is 0 Å². The second-order valence-corrected chi connectivity index (χ2v) is 8.52. The van der Waals surface area contributed by atoms with E-state index in [-0.39, 0.29) is 23.5 Å². The number of halogens is 1. The molecule has 0 radical (unpaired) electrons. The zero-order chi connectivity index (χ0) is 18.4. The van der Waals surface area contributed by atoms with Crippen LogP contribution in [0, 0.1) is 10.1 Å². The Morgan fingerprint density at radius 2 is 2.23 bits per heavy atom. The molecule has 4 rings (SSSR count). The predicted octanol–water partition coefficient (Wildman–Crippen LogP) is 4.05. The average Bonchev–Trinajstić information content (AvgIpc) is 3.13. The molecule has 1 N–H and O–H groups in total. The van der Waals surface area contributed by atoms with E-state index in [9.17, 15) is 15.2 Å². The number of pyridine rings is 1. The van der Waals surface area contributed by atoms with Crippen molar-refractivity contribution in [3.63, 3.8) is 0 Å². The highest BCUT2D eigenvalue weighted by Crippen LogP contribution is 2.49. The molecule has 3 heterocycles. The number of nitro benzene ring substituents is 1. The van der Waals surface area contributed by atoms with Gasteiger partial charge in [-0.25, -0.2) is 0 Å². The second kappa shape index (κ2) is 6.55. The zero-order valence-corrected chi connectivity index (χ0v) is 16.1. The maximum atomic E-state index is 11.3. The second-order valence-electron chi connectivity index (χ2n) is 6.26. The average molecular weight is 435 g/mol. The molecule has 134 valence electrons. The van der Waals surface area contributed by atoms with E-state index in [0.717, 1.165) is 23.0 Å². The van der Waals surface area contributed by atoms with Crippen molar-refractivity contribution in [1.82, 2.24) is 9.88 Å². The Hall–Kier alpha value is -2.13. The summed E-state index contributed by atoms with van der Waals surface area (Å²) >= 11 is 4.95. The fraction of sp³-hybridized carbons (Fsp3) is 0.294. The van der Waals surface area contributed by atoms with E-state index in [0.29, 0.717) is 9.72 Å². The number of rotatable bonds is 3. The van der Waals surface area contributed by atoms with Crippen molar-refractivity contribution in [2.75, 3.05) is 6.54 Å². The highest BCUT2D eigenvalue weighted by Gasteiger charge is 2.44. The summed E-state index contributed by atoms with van der Waals surface area (Å²) in [4.78, 5) is 22.2. The molecule has 26 heavy (non-hydrogen) atoms. The Bertz CT molecular complexity index is 908. The maximum Gasteiger partial charge on any atom is 0.312 e. The minimum Gasteiger partial charge on any atom is -0.501 e. The summed E-state index contributed by atoms with van der Waals surface area (Å²) in [5.74, 6) is -0.364. The number of benzene rings is 1. The van der Waals surface area contributed by atoms with Crippen molar-refractivity contribution in [3.8, 4) is 5.75 Å². The van der Waals surface area contributed by atoms with Crippen molar-refractivity contribution in [2.24, 2.45) is 4.99 Å². The monoisotopic (exact) mass is 434 g/mol. The van der Waals surface area contributed by atoms with Crippen LogP contribution in [0.5, 0.6) is 5.75 Å². The van der Waals surface area contributed by atoms with E-state index < -0.39 is 4.92 Å². The fourth-order valence-electron chi connectivity index (χ4n) is 3.39. The molecule has 0 bridgehead atoms. The van der Waals surface area contributed by atoms with Gasteiger partial charge >= 0.3 is 5.69 Å². The molecule has 1 aromatic heterocycles. The van der Waals surface area contributed by atoms with Crippen LogP contribution in [0.3, 0.4) is 0 Å². The lowest BCUT2D eigenvalue weighted by atomic mass is 9.96. The van der Waals surface area contributed by atoms with Crippen molar-refractivity contribution in [1.29, 1.82) is 0 Å². The summed E-state index contributed by atoms with van der Waals surface area (Å²) in [7, 11) is 0. The first-order valence-electron chi connectivity index (χ1n) is 8.04.